The standard InChI is InChI=1S/C20H25NO3S/c1-6-24-19(23)16-12(3)21-13-9-20(4,5)10-14(22)17(13)18(16)15-8-7-11(2)25-15/h7-9,17-18,21H,6,10H2,1-5H3. The number of hydrogen-bond donors (Lipinski definition) is 1. The van der Waals surface area contributed by atoms with Crippen molar-refractivity contribution in [2.45, 2.75) is 47.0 Å². The largest absolute Gasteiger partial charge is 0.463 e. The third-order valence-electron chi connectivity index (χ3n) is 4.80. The summed E-state index contributed by atoms with van der Waals surface area (Å²) >= 11 is 1.64. The van der Waals surface area contributed by atoms with Gasteiger partial charge in [0.25, 0.3) is 0 Å². The Morgan fingerprint density at radius 2 is 2.04 bits per heavy atom. The van der Waals surface area contributed by atoms with Crippen molar-refractivity contribution in [2.75, 3.05) is 6.61 Å². The van der Waals surface area contributed by atoms with Crippen LogP contribution in [0.1, 0.15) is 49.8 Å². The first-order valence-corrected chi connectivity index (χ1v) is 9.52. The Labute approximate surface area is 153 Å². The van der Waals surface area contributed by atoms with Gasteiger partial charge in [-0.15, -0.1) is 11.3 Å². The van der Waals surface area contributed by atoms with Crippen LogP contribution in [-0.4, -0.2) is 18.4 Å². The first-order valence-electron chi connectivity index (χ1n) is 8.70. The second-order valence-electron chi connectivity index (χ2n) is 7.52. The van der Waals surface area contributed by atoms with Gasteiger partial charge in [-0.25, -0.2) is 4.79 Å². The number of carbonyl (C=O) groups is 2. The quantitative estimate of drug-likeness (QED) is 0.826. The molecule has 2 atom stereocenters. The number of carbonyl (C=O) groups excluding carboxylic acids is 2. The fourth-order valence-corrected chi connectivity index (χ4v) is 4.90. The van der Waals surface area contributed by atoms with Gasteiger partial charge in [0.15, 0.2) is 0 Å². The van der Waals surface area contributed by atoms with Crippen molar-refractivity contribution in [3.8, 4) is 0 Å². The molecule has 3 rings (SSSR count). The number of Topliss-reactive ketones (excluding diaryl/α,β-unsaturated/α-hetero) is 1. The molecule has 0 bridgehead atoms. The monoisotopic (exact) mass is 359 g/mol. The van der Waals surface area contributed by atoms with E-state index in [1.807, 2.05) is 26.0 Å². The summed E-state index contributed by atoms with van der Waals surface area (Å²) in [6.07, 6.45) is 2.64. The number of esters is 1. The maximum atomic E-state index is 13.0. The fourth-order valence-electron chi connectivity index (χ4n) is 3.87. The Kier molecular flexibility index (Phi) is 4.62. The minimum Gasteiger partial charge on any atom is -0.463 e. The highest BCUT2D eigenvalue weighted by atomic mass is 32.1. The summed E-state index contributed by atoms with van der Waals surface area (Å²) in [5.41, 5.74) is 2.11. The molecule has 1 N–H and O–H groups in total. The van der Waals surface area contributed by atoms with Crippen LogP contribution in [0, 0.1) is 18.3 Å². The van der Waals surface area contributed by atoms with Crippen LogP contribution in [0.4, 0.5) is 0 Å². The van der Waals surface area contributed by atoms with Gasteiger partial charge in [-0.2, -0.15) is 0 Å². The van der Waals surface area contributed by atoms with E-state index in [4.69, 9.17) is 4.74 Å². The molecule has 0 saturated heterocycles. The zero-order valence-corrected chi connectivity index (χ0v) is 16.3. The zero-order chi connectivity index (χ0) is 18.4. The molecular formula is C20H25NO3S. The molecule has 25 heavy (non-hydrogen) atoms. The van der Waals surface area contributed by atoms with Crippen molar-refractivity contribution >= 4 is 23.1 Å². The summed E-state index contributed by atoms with van der Waals surface area (Å²) < 4.78 is 5.30. The third kappa shape index (κ3) is 3.30. The van der Waals surface area contributed by atoms with E-state index in [9.17, 15) is 9.59 Å². The van der Waals surface area contributed by atoms with Crippen molar-refractivity contribution in [2.24, 2.45) is 11.3 Å². The van der Waals surface area contributed by atoms with Crippen LogP contribution in [0.3, 0.4) is 0 Å². The molecule has 0 aromatic carbocycles. The summed E-state index contributed by atoms with van der Waals surface area (Å²) in [6.45, 7) is 10.2. The van der Waals surface area contributed by atoms with Gasteiger partial charge in [0, 0.05) is 33.5 Å². The Morgan fingerprint density at radius 3 is 2.64 bits per heavy atom. The smallest absolute Gasteiger partial charge is 0.336 e. The highest BCUT2D eigenvalue weighted by molar-refractivity contribution is 7.12. The molecule has 0 radical (unpaired) electrons. The molecule has 1 aromatic rings. The maximum absolute atomic E-state index is 13.0. The number of fused-ring (bicyclic) bond motifs is 1. The van der Waals surface area contributed by atoms with Crippen molar-refractivity contribution in [3.63, 3.8) is 0 Å². The van der Waals surface area contributed by atoms with E-state index in [-0.39, 0.29) is 29.0 Å². The molecule has 134 valence electrons. The molecular weight excluding hydrogens is 334 g/mol. The number of ketones is 1. The lowest BCUT2D eigenvalue weighted by atomic mass is 9.68. The molecule has 4 nitrogen and oxygen atoms in total. The molecule has 1 aliphatic heterocycles. The predicted molar refractivity (Wildman–Crippen MR) is 99.2 cm³/mol. The molecule has 2 heterocycles. The number of aryl methyl sites for hydroxylation is 1. The van der Waals surface area contributed by atoms with Crippen molar-refractivity contribution in [1.82, 2.24) is 5.32 Å². The summed E-state index contributed by atoms with van der Waals surface area (Å²) in [5, 5.41) is 3.32. The van der Waals surface area contributed by atoms with E-state index in [1.165, 1.54) is 4.88 Å². The summed E-state index contributed by atoms with van der Waals surface area (Å²) in [4.78, 5) is 27.9. The van der Waals surface area contributed by atoms with E-state index >= 15 is 0 Å². The second kappa shape index (κ2) is 6.45. The van der Waals surface area contributed by atoms with Crippen molar-refractivity contribution in [3.05, 3.63) is 44.9 Å². The van der Waals surface area contributed by atoms with E-state index in [1.54, 1.807) is 18.3 Å². The van der Waals surface area contributed by atoms with Gasteiger partial charge in [0.05, 0.1) is 18.1 Å². The molecule has 1 aliphatic carbocycles. The van der Waals surface area contributed by atoms with Gasteiger partial charge in [-0.1, -0.05) is 19.9 Å². The molecule has 0 saturated carbocycles. The van der Waals surface area contributed by atoms with Gasteiger partial charge < -0.3 is 10.1 Å². The van der Waals surface area contributed by atoms with Crippen LogP contribution >= 0.6 is 11.3 Å². The Balaban J connectivity index is 2.17. The van der Waals surface area contributed by atoms with Crippen molar-refractivity contribution < 1.29 is 14.3 Å². The second-order valence-corrected chi connectivity index (χ2v) is 8.84. The maximum Gasteiger partial charge on any atom is 0.336 e. The number of thiophene rings is 1. The number of rotatable bonds is 3. The molecule has 0 amide bonds. The molecule has 0 fully saturated rings. The first-order chi connectivity index (χ1) is 11.7. The number of nitrogens with one attached hydrogen (secondary N) is 1. The van der Waals surface area contributed by atoms with Gasteiger partial charge in [-0.05, 0) is 38.3 Å². The van der Waals surface area contributed by atoms with Gasteiger partial charge in [-0.3, -0.25) is 4.79 Å². The molecule has 0 spiro atoms. The topological polar surface area (TPSA) is 55.4 Å². The van der Waals surface area contributed by atoms with Gasteiger partial charge in [0.2, 0.25) is 0 Å². The van der Waals surface area contributed by atoms with Crippen LogP contribution in [0.5, 0.6) is 0 Å². The van der Waals surface area contributed by atoms with E-state index in [0.29, 0.717) is 18.6 Å². The molecule has 1 aromatic heterocycles. The minimum atomic E-state index is -0.339. The Morgan fingerprint density at radius 1 is 1.32 bits per heavy atom. The average Bonchev–Trinajstić information content (AvgIpc) is 2.90. The summed E-state index contributed by atoms with van der Waals surface area (Å²) in [7, 11) is 0. The lowest BCUT2D eigenvalue weighted by Crippen LogP contribution is -2.43. The fraction of sp³-hybridized carbons (Fsp3) is 0.500. The average molecular weight is 359 g/mol. The molecule has 2 unspecified atom stereocenters. The van der Waals surface area contributed by atoms with Crippen LogP contribution in [-0.2, 0) is 14.3 Å². The van der Waals surface area contributed by atoms with E-state index in [2.05, 4.69) is 25.2 Å². The van der Waals surface area contributed by atoms with Crippen molar-refractivity contribution in [1.29, 1.82) is 0 Å². The lowest BCUT2D eigenvalue weighted by Gasteiger charge is -2.40. The van der Waals surface area contributed by atoms with E-state index in [0.717, 1.165) is 16.3 Å². The van der Waals surface area contributed by atoms with Crippen LogP contribution in [0.15, 0.2) is 35.2 Å². The highest BCUT2D eigenvalue weighted by Crippen LogP contribution is 2.48. The third-order valence-corrected chi connectivity index (χ3v) is 5.89. The van der Waals surface area contributed by atoms with Crippen LogP contribution in [0.2, 0.25) is 0 Å². The van der Waals surface area contributed by atoms with Gasteiger partial charge >= 0.3 is 5.97 Å². The highest BCUT2D eigenvalue weighted by Gasteiger charge is 2.46. The Bertz CT molecular complexity index is 785. The molecule has 2 aliphatic rings. The first kappa shape index (κ1) is 17.9. The van der Waals surface area contributed by atoms with Gasteiger partial charge in [0.1, 0.15) is 5.78 Å². The zero-order valence-electron chi connectivity index (χ0n) is 15.4. The van der Waals surface area contributed by atoms with Crippen LogP contribution in [0.25, 0.3) is 0 Å². The molecule has 5 heteroatoms. The summed E-state index contributed by atoms with van der Waals surface area (Å²) in [6, 6.07) is 4.08. The van der Waals surface area contributed by atoms with E-state index < -0.39 is 0 Å². The number of ether oxygens (including phenoxy) is 1. The minimum absolute atomic E-state index is 0.173. The number of hydrogen-bond acceptors (Lipinski definition) is 5. The lowest BCUT2D eigenvalue weighted by molar-refractivity contribution is -0.139. The Hall–Kier alpha value is -1.88. The SMILES string of the molecule is CCOC(=O)C1=C(C)NC2=CC(C)(C)CC(=O)C2C1c1ccc(C)s1. The summed E-state index contributed by atoms with van der Waals surface area (Å²) in [5.74, 6) is -0.761. The predicted octanol–water partition coefficient (Wildman–Crippen LogP) is 4.08. The number of allylic oxidation sites excluding steroid dienone is 3. The normalized spacial score (nSPS) is 25.2. The van der Waals surface area contributed by atoms with Crippen LogP contribution < -0.4 is 5.32 Å².